The van der Waals surface area contributed by atoms with Gasteiger partial charge in [0.2, 0.25) is 0 Å². The summed E-state index contributed by atoms with van der Waals surface area (Å²) in [6, 6.07) is 5.76. The SMILES string of the molecule is Cc1cc(C(=O)NC2CCN(C)CC2C)ccc1NN. The molecule has 2 unspecified atom stereocenters. The molecule has 1 aliphatic heterocycles. The topological polar surface area (TPSA) is 70.4 Å². The Bertz CT molecular complexity index is 489. The largest absolute Gasteiger partial charge is 0.349 e. The standard InChI is InChI=1S/C15H24N4O/c1-10-8-12(4-5-14(10)18-16)15(20)17-13-6-7-19(3)9-11(13)2/h4-5,8,11,13,18H,6-7,9,16H2,1-3H3,(H,17,20). The summed E-state index contributed by atoms with van der Waals surface area (Å²) >= 11 is 0. The first-order chi connectivity index (χ1) is 9.51. The lowest BCUT2D eigenvalue weighted by Gasteiger charge is -2.35. The zero-order chi connectivity index (χ0) is 14.7. The Hall–Kier alpha value is -1.59. The van der Waals surface area contributed by atoms with Crippen molar-refractivity contribution in [1.29, 1.82) is 0 Å². The molecule has 1 heterocycles. The first-order valence-electron chi connectivity index (χ1n) is 7.08. The monoisotopic (exact) mass is 276 g/mol. The second-order valence-electron chi connectivity index (χ2n) is 5.78. The quantitative estimate of drug-likeness (QED) is 0.576. The number of amides is 1. The highest BCUT2D eigenvalue weighted by atomic mass is 16.1. The van der Waals surface area contributed by atoms with E-state index in [0.29, 0.717) is 11.5 Å². The molecule has 4 N–H and O–H groups in total. The third kappa shape index (κ3) is 3.29. The van der Waals surface area contributed by atoms with Gasteiger partial charge in [-0.2, -0.15) is 0 Å². The summed E-state index contributed by atoms with van der Waals surface area (Å²) in [4.78, 5) is 14.6. The molecule has 1 aromatic carbocycles. The maximum Gasteiger partial charge on any atom is 0.251 e. The number of carbonyl (C=O) groups is 1. The van der Waals surface area contributed by atoms with Crippen LogP contribution < -0.4 is 16.6 Å². The van der Waals surface area contributed by atoms with Crippen LogP contribution >= 0.6 is 0 Å². The van der Waals surface area contributed by atoms with Crippen molar-refractivity contribution in [3.63, 3.8) is 0 Å². The lowest BCUT2D eigenvalue weighted by molar-refractivity contribution is 0.0884. The average Bonchev–Trinajstić information content (AvgIpc) is 2.41. The van der Waals surface area contributed by atoms with Gasteiger partial charge in [0.25, 0.3) is 5.91 Å². The highest BCUT2D eigenvalue weighted by Gasteiger charge is 2.25. The van der Waals surface area contributed by atoms with Crippen molar-refractivity contribution in [3.05, 3.63) is 29.3 Å². The van der Waals surface area contributed by atoms with Gasteiger partial charge in [0.1, 0.15) is 0 Å². The maximum atomic E-state index is 12.3. The van der Waals surface area contributed by atoms with Crippen LogP contribution in [0.2, 0.25) is 0 Å². The van der Waals surface area contributed by atoms with Gasteiger partial charge >= 0.3 is 0 Å². The number of hydrogen-bond donors (Lipinski definition) is 3. The summed E-state index contributed by atoms with van der Waals surface area (Å²) in [5.74, 6) is 5.88. The predicted octanol–water partition coefficient (Wildman–Crippen LogP) is 1.35. The summed E-state index contributed by atoms with van der Waals surface area (Å²) in [6.07, 6.45) is 1.00. The highest BCUT2D eigenvalue weighted by molar-refractivity contribution is 5.95. The molecule has 0 saturated carbocycles. The zero-order valence-corrected chi connectivity index (χ0v) is 12.4. The number of nitrogens with zero attached hydrogens (tertiary/aromatic N) is 1. The van der Waals surface area contributed by atoms with Gasteiger partial charge in [0.05, 0.1) is 5.69 Å². The van der Waals surface area contributed by atoms with Gasteiger partial charge in [-0.05, 0) is 56.6 Å². The first-order valence-corrected chi connectivity index (χ1v) is 7.08. The molecule has 0 aliphatic carbocycles. The summed E-state index contributed by atoms with van der Waals surface area (Å²) in [6.45, 7) is 6.18. The molecular formula is C15H24N4O. The van der Waals surface area contributed by atoms with Crippen molar-refractivity contribution in [3.8, 4) is 0 Å². The molecule has 1 amide bonds. The fraction of sp³-hybridized carbons (Fsp3) is 0.533. The van der Waals surface area contributed by atoms with E-state index in [1.54, 1.807) is 6.07 Å². The van der Waals surface area contributed by atoms with Crippen molar-refractivity contribution < 1.29 is 4.79 Å². The molecule has 1 fully saturated rings. The first kappa shape index (κ1) is 14.8. The molecule has 2 atom stereocenters. The molecule has 1 aliphatic rings. The van der Waals surface area contributed by atoms with Gasteiger partial charge in [-0.25, -0.2) is 0 Å². The minimum Gasteiger partial charge on any atom is -0.349 e. The number of anilines is 1. The van der Waals surface area contributed by atoms with Crippen molar-refractivity contribution >= 4 is 11.6 Å². The summed E-state index contributed by atoms with van der Waals surface area (Å²) in [5.41, 5.74) is 5.12. The van der Waals surface area contributed by atoms with Crippen LogP contribution in [0, 0.1) is 12.8 Å². The summed E-state index contributed by atoms with van der Waals surface area (Å²) in [7, 11) is 2.12. The molecule has 0 aromatic heterocycles. The van der Waals surface area contributed by atoms with E-state index in [2.05, 4.69) is 29.6 Å². The van der Waals surface area contributed by atoms with E-state index in [0.717, 1.165) is 30.8 Å². The molecule has 1 aromatic rings. The molecule has 0 bridgehead atoms. The zero-order valence-electron chi connectivity index (χ0n) is 12.4. The van der Waals surface area contributed by atoms with E-state index in [9.17, 15) is 4.79 Å². The Labute approximate surface area is 120 Å². The van der Waals surface area contributed by atoms with Gasteiger partial charge in [0.15, 0.2) is 0 Å². The van der Waals surface area contributed by atoms with E-state index in [4.69, 9.17) is 5.84 Å². The average molecular weight is 276 g/mol. The number of likely N-dealkylation sites (tertiary alicyclic amines) is 1. The van der Waals surface area contributed by atoms with Crippen LogP contribution in [0.4, 0.5) is 5.69 Å². The molecule has 0 radical (unpaired) electrons. The smallest absolute Gasteiger partial charge is 0.251 e. The number of aryl methyl sites for hydroxylation is 1. The number of nitrogen functional groups attached to an aromatic ring is 1. The van der Waals surface area contributed by atoms with E-state index in [1.807, 2.05) is 19.1 Å². The Balaban J connectivity index is 2.03. The Morgan fingerprint density at radius 3 is 2.80 bits per heavy atom. The predicted molar refractivity (Wildman–Crippen MR) is 81.5 cm³/mol. The second-order valence-corrected chi connectivity index (χ2v) is 5.78. The number of rotatable bonds is 3. The summed E-state index contributed by atoms with van der Waals surface area (Å²) in [5, 5.41) is 3.15. The highest BCUT2D eigenvalue weighted by Crippen LogP contribution is 2.18. The number of hydrazine groups is 1. The van der Waals surface area contributed by atoms with Gasteiger partial charge in [-0.15, -0.1) is 0 Å². The number of carbonyl (C=O) groups excluding carboxylic acids is 1. The van der Waals surface area contributed by atoms with Crippen LogP contribution in [-0.2, 0) is 0 Å². The molecule has 2 rings (SSSR count). The lowest BCUT2D eigenvalue weighted by Crippen LogP contribution is -2.48. The van der Waals surface area contributed by atoms with Crippen LogP contribution in [0.1, 0.15) is 29.3 Å². The molecule has 110 valence electrons. The normalized spacial score (nSPS) is 23.4. The third-order valence-corrected chi connectivity index (χ3v) is 4.07. The number of benzene rings is 1. The van der Waals surface area contributed by atoms with Crippen molar-refractivity contribution in [2.45, 2.75) is 26.3 Å². The Kier molecular flexibility index (Phi) is 4.62. The molecule has 1 saturated heterocycles. The van der Waals surface area contributed by atoms with Crippen LogP contribution in [-0.4, -0.2) is 37.0 Å². The van der Waals surface area contributed by atoms with E-state index >= 15 is 0 Å². The molecule has 5 nitrogen and oxygen atoms in total. The number of nitrogens with one attached hydrogen (secondary N) is 2. The minimum absolute atomic E-state index is 0.00178. The van der Waals surface area contributed by atoms with Crippen molar-refractivity contribution in [1.82, 2.24) is 10.2 Å². The van der Waals surface area contributed by atoms with Gasteiger partial charge in [-0.3, -0.25) is 10.6 Å². The van der Waals surface area contributed by atoms with Gasteiger partial charge in [0, 0.05) is 18.2 Å². The minimum atomic E-state index is -0.00178. The molecular weight excluding hydrogens is 252 g/mol. The Morgan fingerprint density at radius 2 is 2.20 bits per heavy atom. The number of hydrogen-bond acceptors (Lipinski definition) is 4. The van der Waals surface area contributed by atoms with E-state index in [1.165, 1.54) is 0 Å². The van der Waals surface area contributed by atoms with Crippen molar-refractivity contribution in [2.75, 3.05) is 25.6 Å². The lowest BCUT2D eigenvalue weighted by atomic mass is 9.94. The fourth-order valence-electron chi connectivity index (χ4n) is 2.79. The second kappa shape index (κ2) is 6.24. The van der Waals surface area contributed by atoms with Gasteiger partial charge < -0.3 is 15.6 Å². The van der Waals surface area contributed by atoms with E-state index in [-0.39, 0.29) is 11.9 Å². The summed E-state index contributed by atoms with van der Waals surface area (Å²) < 4.78 is 0. The van der Waals surface area contributed by atoms with E-state index < -0.39 is 0 Å². The fourth-order valence-corrected chi connectivity index (χ4v) is 2.79. The van der Waals surface area contributed by atoms with Gasteiger partial charge in [-0.1, -0.05) is 6.92 Å². The van der Waals surface area contributed by atoms with Crippen LogP contribution in [0.3, 0.4) is 0 Å². The molecule has 0 spiro atoms. The van der Waals surface area contributed by atoms with Crippen LogP contribution in [0.25, 0.3) is 0 Å². The maximum absolute atomic E-state index is 12.3. The van der Waals surface area contributed by atoms with Crippen LogP contribution in [0.15, 0.2) is 18.2 Å². The van der Waals surface area contributed by atoms with Crippen LogP contribution in [0.5, 0.6) is 0 Å². The Morgan fingerprint density at radius 1 is 1.45 bits per heavy atom. The van der Waals surface area contributed by atoms with Crippen molar-refractivity contribution in [2.24, 2.45) is 11.8 Å². The number of nitrogens with two attached hydrogens (primary N) is 1. The third-order valence-electron chi connectivity index (χ3n) is 4.07. The number of piperidine rings is 1. The molecule has 5 heteroatoms. The molecule has 20 heavy (non-hydrogen) atoms.